The Hall–Kier alpha value is -1.85. The summed E-state index contributed by atoms with van der Waals surface area (Å²) >= 11 is 0. The topological polar surface area (TPSA) is 78.1 Å². The minimum absolute atomic E-state index is 0.0344. The lowest BCUT2D eigenvalue weighted by molar-refractivity contribution is -0.133. The number of carbonyl (C=O) groups excluding carboxylic acids is 2. The van der Waals surface area contributed by atoms with Crippen molar-refractivity contribution in [1.82, 2.24) is 20.4 Å². The molecule has 0 aromatic carbocycles. The summed E-state index contributed by atoms with van der Waals surface area (Å²) < 4.78 is 0. The molecule has 1 fully saturated rings. The zero-order valence-corrected chi connectivity index (χ0v) is 13.0. The van der Waals surface area contributed by atoms with Gasteiger partial charge in [0.2, 0.25) is 11.8 Å². The number of aromatic amines is 1. The number of rotatable bonds is 4. The molecule has 1 aromatic rings. The van der Waals surface area contributed by atoms with Gasteiger partial charge < -0.3 is 10.2 Å². The van der Waals surface area contributed by atoms with Gasteiger partial charge in [0.1, 0.15) is 0 Å². The Morgan fingerprint density at radius 3 is 2.52 bits per heavy atom. The lowest BCUT2D eigenvalue weighted by Crippen LogP contribution is -2.42. The van der Waals surface area contributed by atoms with Crippen LogP contribution in [0.25, 0.3) is 0 Å². The van der Waals surface area contributed by atoms with E-state index in [1.54, 1.807) is 6.92 Å². The molecule has 2 rings (SSSR count). The van der Waals surface area contributed by atoms with Crippen LogP contribution in [0, 0.1) is 19.8 Å². The molecule has 2 heterocycles. The second kappa shape index (κ2) is 6.74. The molecule has 1 aliphatic rings. The average Bonchev–Trinajstić information content (AvgIpc) is 2.79. The Kier molecular flexibility index (Phi) is 4.98. The summed E-state index contributed by atoms with van der Waals surface area (Å²) in [5.74, 6) is 0.240. The van der Waals surface area contributed by atoms with Crippen LogP contribution in [0.3, 0.4) is 0 Å². The van der Waals surface area contributed by atoms with Crippen LogP contribution < -0.4 is 5.32 Å². The number of hydrogen-bond donors (Lipinski definition) is 2. The third-order valence-corrected chi connectivity index (χ3v) is 4.27. The Bertz CT molecular complexity index is 496. The normalized spacial score (nSPS) is 16.0. The summed E-state index contributed by atoms with van der Waals surface area (Å²) in [7, 11) is 0. The van der Waals surface area contributed by atoms with Crippen molar-refractivity contribution in [3.05, 3.63) is 17.0 Å². The fraction of sp³-hybridized carbons (Fsp3) is 0.667. The third-order valence-electron chi connectivity index (χ3n) is 4.27. The quantitative estimate of drug-likeness (QED) is 0.867. The maximum absolute atomic E-state index is 12.1. The SMILES string of the molecule is CC(=O)N1CCC(C(=O)NCCc2c(C)n[nH]c2C)CC1. The Balaban J connectivity index is 1.74. The third kappa shape index (κ3) is 3.83. The molecule has 0 radical (unpaired) electrons. The van der Waals surface area contributed by atoms with E-state index < -0.39 is 0 Å². The number of hydrogen-bond acceptors (Lipinski definition) is 3. The number of aryl methyl sites for hydroxylation is 2. The van der Waals surface area contributed by atoms with Crippen LogP contribution in [-0.2, 0) is 16.0 Å². The van der Waals surface area contributed by atoms with E-state index in [4.69, 9.17) is 0 Å². The van der Waals surface area contributed by atoms with E-state index in [-0.39, 0.29) is 17.7 Å². The van der Waals surface area contributed by atoms with Crippen LogP contribution in [0.2, 0.25) is 0 Å². The van der Waals surface area contributed by atoms with Gasteiger partial charge in [-0.05, 0) is 38.7 Å². The van der Waals surface area contributed by atoms with E-state index in [9.17, 15) is 9.59 Å². The molecule has 21 heavy (non-hydrogen) atoms. The Morgan fingerprint density at radius 1 is 1.33 bits per heavy atom. The van der Waals surface area contributed by atoms with Gasteiger partial charge in [0.15, 0.2) is 0 Å². The molecular weight excluding hydrogens is 268 g/mol. The van der Waals surface area contributed by atoms with Crippen LogP contribution in [0.15, 0.2) is 0 Å². The molecule has 0 unspecified atom stereocenters. The highest BCUT2D eigenvalue weighted by Crippen LogP contribution is 2.17. The van der Waals surface area contributed by atoms with Gasteiger partial charge in [-0.15, -0.1) is 0 Å². The van der Waals surface area contributed by atoms with E-state index in [2.05, 4.69) is 15.5 Å². The first-order valence-electron chi connectivity index (χ1n) is 7.52. The van der Waals surface area contributed by atoms with Crippen molar-refractivity contribution >= 4 is 11.8 Å². The molecule has 0 bridgehead atoms. The summed E-state index contributed by atoms with van der Waals surface area (Å²) in [4.78, 5) is 25.2. The molecule has 0 aliphatic carbocycles. The van der Waals surface area contributed by atoms with Gasteiger partial charge in [-0.2, -0.15) is 5.10 Å². The largest absolute Gasteiger partial charge is 0.356 e. The van der Waals surface area contributed by atoms with Crippen molar-refractivity contribution in [2.45, 2.75) is 40.0 Å². The average molecular weight is 292 g/mol. The van der Waals surface area contributed by atoms with Gasteiger partial charge in [0.25, 0.3) is 0 Å². The van der Waals surface area contributed by atoms with Gasteiger partial charge in [-0.1, -0.05) is 0 Å². The standard InChI is InChI=1S/C15H24N4O2/c1-10-14(11(2)18-17-10)4-7-16-15(21)13-5-8-19(9-6-13)12(3)20/h13H,4-9H2,1-3H3,(H,16,21)(H,17,18). The molecule has 1 saturated heterocycles. The summed E-state index contributed by atoms with van der Waals surface area (Å²) in [5, 5.41) is 10.1. The number of aromatic nitrogens is 2. The Labute approximate surface area is 125 Å². The molecule has 116 valence electrons. The van der Waals surface area contributed by atoms with Crippen molar-refractivity contribution in [3.8, 4) is 0 Å². The van der Waals surface area contributed by atoms with Crippen LogP contribution in [0.4, 0.5) is 0 Å². The van der Waals surface area contributed by atoms with Crippen molar-refractivity contribution in [2.75, 3.05) is 19.6 Å². The van der Waals surface area contributed by atoms with Gasteiger partial charge in [-0.3, -0.25) is 14.7 Å². The van der Waals surface area contributed by atoms with Gasteiger partial charge in [0, 0.05) is 38.2 Å². The van der Waals surface area contributed by atoms with Crippen LogP contribution in [0.1, 0.15) is 36.7 Å². The Morgan fingerprint density at radius 2 is 2.00 bits per heavy atom. The highest BCUT2D eigenvalue weighted by molar-refractivity contribution is 5.79. The predicted octanol–water partition coefficient (Wildman–Crippen LogP) is 0.944. The van der Waals surface area contributed by atoms with Crippen molar-refractivity contribution < 1.29 is 9.59 Å². The number of H-pyrrole nitrogens is 1. The van der Waals surface area contributed by atoms with E-state index in [0.29, 0.717) is 19.6 Å². The minimum Gasteiger partial charge on any atom is -0.356 e. The monoisotopic (exact) mass is 292 g/mol. The fourth-order valence-corrected chi connectivity index (χ4v) is 2.85. The number of nitrogens with one attached hydrogen (secondary N) is 2. The maximum atomic E-state index is 12.1. The van der Waals surface area contributed by atoms with Crippen molar-refractivity contribution in [3.63, 3.8) is 0 Å². The predicted molar refractivity (Wildman–Crippen MR) is 79.8 cm³/mol. The molecule has 6 heteroatoms. The smallest absolute Gasteiger partial charge is 0.223 e. The summed E-state index contributed by atoms with van der Waals surface area (Å²) in [6.45, 7) is 7.55. The highest BCUT2D eigenvalue weighted by Gasteiger charge is 2.25. The van der Waals surface area contributed by atoms with E-state index in [1.165, 1.54) is 5.56 Å². The summed E-state index contributed by atoms with van der Waals surface area (Å²) in [5.41, 5.74) is 3.25. The summed E-state index contributed by atoms with van der Waals surface area (Å²) in [6.07, 6.45) is 2.32. The van der Waals surface area contributed by atoms with Crippen LogP contribution in [-0.4, -0.2) is 46.5 Å². The molecule has 6 nitrogen and oxygen atoms in total. The zero-order valence-electron chi connectivity index (χ0n) is 13.0. The van der Waals surface area contributed by atoms with Gasteiger partial charge in [-0.25, -0.2) is 0 Å². The van der Waals surface area contributed by atoms with E-state index >= 15 is 0 Å². The van der Waals surface area contributed by atoms with Crippen LogP contribution >= 0.6 is 0 Å². The molecule has 2 amide bonds. The lowest BCUT2D eigenvalue weighted by atomic mass is 9.96. The van der Waals surface area contributed by atoms with Gasteiger partial charge >= 0.3 is 0 Å². The molecule has 0 saturated carbocycles. The van der Waals surface area contributed by atoms with Crippen LogP contribution in [0.5, 0.6) is 0 Å². The number of amides is 2. The van der Waals surface area contributed by atoms with Crippen molar-refractivity contribution in [2.24, 2.45) is 5.92 Å². The molecule has 1 aromatic heterocycles. The molecular formula is C15H24N4O2. The molecule has 2 N–H and O–H groups in total. The maximum Gasteiger partial charge on any atom is 0.223 e. The number of likely N-dealkylation sites (tertiary alicyclic amines) is 1. The fourth-order valence-electron chi connectivity index (χ4n) is 2.85. The number of nitrogens with zero attached hydrogens (tertiary/aromatic N) is 2. The zero-order chi connectivity index (χ0) is 15.4. The minimum atomic E-state index is 0.0344. The highest BCUT2D eigenvalue weighted by atomic mass is 16.2. The first kappa shape index (κ1) is 15.5. The second-order valence-electron chi connectivity index (χ2n) is 5.73. The van der Waals surface area contributed by atoms with E-state index in [1.807, 2.05) is 18.7 Å². The molecule has 0 atom stereocenters. The lowest BCUT2D eigenvalue weighted by Gasteiger charge is -2.30. The van der Waals surface area contributed by atoms with E-state index in [0.717, 1.165) is 30.7 Å². The van der Waals surface area contributed by atoms with Gasteiger partial charge in [0.05, 0.1) is 5.69 Å². The first-order valence-corrected chi connectivity index (χ1v) is 7.52. The second-order valence-corrected chi connectivity index (χ2v) is 5.73. The number of piperidine rings is 1. The van der Waals surface area contributed by atoms with Crippen molar-refractivity contribution in [1.29, 1.82) is 0 Å². The number of carbonyl (C=O) groups is 2. The first-order chi connectivity index (χ1) is 9.99. The molecule has 0 spiro atoms. The molecule has 1 aliphatic heterocycles. The summed E-state index contributed by atoms with van der Waals surface area (Å²) in [6, 6.07) is 0.